The third-order valence-electron chi connectivity index (χ3n) is 4.78. The number of unbranched alkanes of at least 4 members (excludes halogenated alkanes) is 10. The average molecular weight is 451 g/mol. The van der Waals surface area contributed by atoms with Crippen molar-refractivity contribution >= 4 is 38.4 Å². The molecular weight excluding hydrogens is 411 g/mol. The van der Waals surface area contributed by atoms with Crippen molar-refractivity contribution in [1.29, 1.82) is 0 Å². The van der Waals surface area contributed by atoms with Gasteiger partial charge in [-0.05, 0) is 0 Å². The molecule has 0 spiro atoms. The van der Waals surface area contributed by atoms with Crippen LogP contribution in [0.1, 0.15) is 97.3 Å². The van der Waals surface area contributed by atoms with Gasteiger partial charge in [0, 0.05) is 0 Å². The molecule has 0 aliphatic carbocycles. The van der Waals surface area contributed by atoms with Crippen LogP contribution in [0.2, 0.25) is 8.87 Å². The molecule has 0 aromatic carbocycles. The molecule has 1 unspecified atom stereocenters. The Morgan fingerprint density at radius 3 is 1.61 bits per heavy atom. The molecule has 23 heavy (non-hydrogen) atoms. The molecule has 138 valence electrons. The van der Waals surface area contributed by atoms with E-state index in [2.05, 4.69) is 13.8 Å². The molecule has 0 aromatic heterocycles. The van der Waals surface area contributed by atoms with E-state index in [-0.39, 0.29) is 3.27 Å². The van der Waals surface area contributed by atoms with Crippen molar-refractivity contribution in [2.45, 2.75) is 109 Å². The molecule has 4 heteroatoms. The fourth-order valence-electron chi connectivity index (χ4n) is 3.25. The summed E-state index contributed by atoms with van der Waals surface area (Å²) >= 11 is 2.91. The Morgan fingerprint density at radius 1 is 0.826 bits per heavy atom. The van der Waals surface area contributed by atoms with Crippen molar-refractivity contribution in [1.82, 2.24) is 0 Å². The van der Waals surface area contributed by atoms with E-state index in [4.69, 9.17) is 17.7 Å². The molecule has 1 atom stereocenters. The predicted molar refractivity (Wildman–Crippen MR) is 109 cm³/mol. The van der Waals surface area contributed by atoms with E-state index in [0.29, 0.717) is 6.42 Å². The summed E-state index contributed by atoms with van der Waals surface area (Å²) in [6.45, 7) is 4.51. The van der Waals surface area contributed by atoms with Crippen molar-refractivity contribution in [3.8, 4) is 0 Å². The van der Waals surface area contributed by atoms with E-state index in [0.717, 1.165) is 0 Å². The van der Waals surface area contributed by atoms with Crippen molar-refractivity contribution in [2.24, 2.45) is 0 Å². The number of hydrogen-bond donors (Lipinski definition) is 2. The SMILES string of the molecule is CCCCCCC[CH2][SnH]([CH2]CCCCCCC)[CH](S)CC(=O)O. The van der Waals surface area contributed by atoms with Gasteiger partial charge >= 0.3 is 158 Å². The first-order valence-corrected chi connectivity index (χ1v) is 17.1. The van der Waals surface area contributed by atoms with Crippen LogP contribution in [0, 0.1) is 0 Å². The van der Waals surface area contributed by atoms with Gasteiger partial charge in [0.25, 0.3) is 0 Å². The fraction of sp³-hybridized carbons (Fsp3) is 0.947. The Kier molecular flexibility index (Phi) is 17.9. The van der Waals surface area contributed by atoms with Crippen LogP contribution in [0.4, 0.5) is 0 Å². The molecule has 0 amide bonds. The molecule has 0 radical (unpaired) electrons. The molecule has 0 bridgehead atoms. The Labute approximate surface area is 157 Å². The molecule has 0 aliphatic rings. The molecule has 2 nitrogen and oxygen atoms in total. The van der Waals surface area contributed by atoms with Gasteiger partial charge in [0.05, 0.1) is 0 Å². The standard InChI is InChI=1S/2C8H17.C3H5O2S.Sn.H/c2*1-3-5-7-8-6-4-2;4-3(5)1-2-6;;/h2*1,3-8H2,2H3;2,6H,1H2,(H,4,5);;. The molecule has 0 saturated heterocycles. The number of aliphatic carboxylic acids is 1. The molecule has 0 heterocycles. The van der Waals surface area contributed by atoms with Gasteiger partial charge in [-0.1, -0.05) is 0 Å². The first-order chi connectivity index (χ1) is 11.1. The molecule has 1 N–H and O–H groups in total. The van der Waals surface area contributed by atoms with Gasteiger partial charge in [-0.3, -0.25) is 0 Å². The van der Waals surface area contributed by atoms with Crippen molar-refractivity contribution in [3.05, 3.63) is 0 Å². The second-order valence-electron chi connectivity index (χ2n) is 7.04. The molecule has 0 aromatic rings. The summed E-state index contributed by atoms with van der Waals surface area (Å²) < 4.78 is 2.97. The quantitative estimate of drug-likeness (QED) is 0.156. The van der Waals surface area contributed by atoms with Crippen LogP contribution in [-0.4, -0.2) is 34.1 Å². The topological polar surface area (TPSA) is 37.3 Å². The number of carboxylic acids is 1. The number of rotatable bonds is 17. The summed E-state index contributed by atoms with van der Waals surface area (Å²) in [5.41, 5.74) is 0. The van der Waals surface area contributed by atoms with Crippen LogP contribution < -0.4 is 0 Å². The zero-order valence-corrected chi connectivity index (χ0v) is 19.8. The minimum absolute atomic E-state index is 0.237. The average Bonchev–Trinajstić information content (AvgIpc) is 2.51. The second kappa shape index (κ2) is 17.4. The minimum atomic E-state index is -1.78. The van der Waals surface area contributed by atoms with Crippen molar-refractivity contribution in [2.75, 3.05) is 0 Å². The number of carboxylic acid groups (broad SMARTS) is 1. The van der Waals surface area contributed by atoms with Crippen molar-refractivity contribution in [3.63, 3.8) is 0 Å². The Bertz CT molecular complexity index is 258. The first-order valence-electron chi connectivity index (χ1n) is 10.0. The normalized spacial score (nSPS) is 12.7. The van der Waals surface area contributed by atoms with Gasteiger partial charge in [0.2, 0.25) is 0 Å². The number of hydrogen-bond acceptors (Lipinski definition) is 2. The van der Waals surface area contributed by atoms with Crippen LogP contribution in [-0.2, 0) is 4.79 Å². The van der Waals surface area contributed by atoms with Gasteiger partial charge in [-0.15, -0.1) is 0 Å². The van der Waals surface area contributed by atoms with E-state index in [1.807, 2.05) is 0 Å². The van der Waals surface area contributed by atoms with E-state index in [1.54, 1.807) is 0 Å². The van der Waals surface area contributed by atoms with Gasteiger partial charge in [0.1, 0.15) is 0 Å². The fourth-order valence-corrected chi connectivity index (χ4v) is 14.6. The van der Waals surface area contributed by atoms with Gasteiger partial charge in [0.15, 0.2) is 0 Å². The summed E-state index contributed by atoms with van der Waals surface area (Å²) in [7, 11) is 0. The Hall–Kier alpha value is 0.619. The predicted octanol–water partition coefficient (Wildman–Crippen LogP) is 6.25. The summed E-state index contributed by atoms with van der Waals surface area (Å²) in [6, 6.07) is 0. The van der Waals surface area contributed by atoms with Crippen LogP contribution in [0.3, 0.4) is 0 Å². The van der Waals surface area contributed by atoms with Gasteiger partial charge in [-0.2, -0.15) is 0 Å². The van der Waals surface area contributed by atoms with Crippen LogP contribution in [0.25, 0.3) is 0 Å². The Morgan fingerprint density at radius 2 is 1.22 bits per heavy atom. The zero-order valence-electron chi connectivity index (χ0n) is 15.6. The van der Waals surface area contributed by atoms with E-state index in [9.17, 15) is 4.79 Å². The van der Waals surface area contributed by atoms with Crippen molar-refractivity contribution < 1.29 is 9.90 Å². The third-order valence-corrected chi connectivity index (χ3v) is 18.1. The number of carbonyl (C=O) groups is 1. The monoisotopic (exact) mass is 452 g/mol. The van der Waals surface area contributed by atoms with E-state index < -0.39 is 25.7 Å². The second-order valence-corrected chi connectivity index (χ2v) is 19.2. The molecule has 0 aliphatic heterocycles. The molecule has 0 saturated carbocycles. The molecule has 0 rings (SSSR count). The van der Waals surface area contributed by atoms with Crippen LogP contribution in [0.5, 0.6) is 0 Å². The van der Waals surface area contributed by atoms with E-state index in [1.165, 1.54) is 85.9 Å². The summed E-state index contributed by atoms with van der Waals surface area (Å²) in [5, 5.41) is 9.05. The van der Waals surface area contributed by atoms with Gasteiger partial charge in [-0.25, -0.2) is 0 Å². The maximum atomic E-state index is 11.0. The summed E-state index contributed by atoms with van der Waals surface area (Å²) in [4.78, 5) is 11.0. The summed E-state index contributed by atoms with van der Waals surface area (Å²) in [5.74, 6) is -0.655. The number of thiol groups is 1. The van der Waals surface area contributed by atoms with Crippen LogP contribution >= 0.6 is 12.6 Å². The molecule has 0 fully saturated rings. The Balaban J connectivity index is 3.96. The first kappa shape index (κ1) is 23.6. The third kappa shape index (κ3) is 15.9. The summed E-state index contributed by atoms with van der Waals surface area (Å²) in [6.07, 6.45) is 16.4. The van der Waals surface area contributed by atoms with E-state index >= 15 is 0 Å². The zero-order chi connectivity index (χ0) is 17.3. The maximum absolute atomic E-state index is 11.0. The molecular formula is C19H40O2SSn. The van der Waals surface area contributed by atoms with Gasteiger partial charge < -0.3 is 0 Å². The van der Waals surface area contributed by atoms with Crippen LogP contribution in [0.15, 0.2) is 0 Å².